The molecule has 0 amide bonds. The van der Waals surface area contributed by atoms with E-state index in [0.717, 1.165) is 10.9 Å². The largest absolute Gasteiger partial charge is 0.481 e. The summed E-state index contributed by atoms with van der Waals surface area (Å²) in [5.41, 5.74) is 0.783. The number of aromatic nitrogens is 1. The Kier molecular flexibility index (Phi) is 5.00. The molecule has 0 spiro atoms. The van der Waals surface area contributed by atoms with Crippen molar-refractivity contribution in [1.29, 1.82) is 0 Å². The van der Waals surface area contributed by atoms with Crippen LogP contribution in [0.3, 0.4) is 0 Å². The van der Waals surface area contributed by atoms with E-state index >= 15 is 0 Å². The van der Waals surface area contributed by atoms with Crippen molar-refractivity contribution in [2.75, 3.05) is 5.32 Å². The van der Waals surface area contributed by atoms with E-state index in [9.17, 15) is 24.6 Å². The zero-order chi connectivity index (χ0) is 17.0. The van der Waals surface area contributed by atoms with Crippen molar-refractivity contribution in [2.24, 2.45) is 5.92 Å². The van der Waals surface area contributed by atoms with Crippen LogP contribution in [0, 0.1) is 5.92 Å². The molecule has 2 aromatic rings. The van der Waals surface area contributed by atoms with Crippen molar-refractivity contribution in [3.8, 4) is 0 Å². The Bertz CT molecular complexity index is 704. The van der Waals surface area contributed by atoms with E-state index in [1.165, 1.54) is 0 Å². The first kappa shape index (κ1) is 16.5. The number of rotatable bonds is 8. The molecule has 2 atom stereocenters. The molecule has 0 saturated heterocycles. The number of hydrogen-bond acceptors (Lipinski definition) is 4. The number of carbonyl (C=O) groups excluding carboxylic acids is 1. The lowest BCUT2D eigenvalue weighted by atomic mass is 9.92. The molecule has 23 heavy (non-hydrogen) atoms. The molecule has 7 heteroatoms. The van der Waals surface area contributed by atoms with Gasteiger partial charge in [0.2, 0.25) is 0 Å². The fourth-order valence-corrected chi connectivity index (χ4v) is 2.47. The number of para-hydroxylation sites is 1. The van der Waals surface area contributed by atoms with Crippen LogP contribution in [0.1, 0.15) is 19.8 Å². The third-order valence-electron chi connectivity index (χ3n) is 3.55. The molecule has 2 rings (SSSR count). The number of carboxylic acids is 2. The van der Waals surface area contributed by atoms with Crippen LogP contribution in [0.15, 0.2) is 30.3 Å². The minimum Gasteiger partial charge on any atom is -0.481 e. The lowest BCUT2D eigenvalue weighted by Gasteiger charge is -2.20. The molecule has 0 bridgehead atoms. The minimum atomic E-state index is -1.64. The number of ketones is 1. The van der Waals surface area contributed by atoms with Gasteiger partial charge in [0, 0.05) is 17.3 Å². The summed E-state index contributed by atoms with van der Waals surface area (Å²) >= 11 is 0. The van der Waals surface area contributed by atoms with Gasteiger partial charge in [0.1, 0.15) is 23.6 Å². The first-order chi connectivity index (χ1) is 10.9. The van der Waals surface area contributed by atoms with Crippen molar-refractivity contribution in [2.45, 2.75) is 25.8 Å². The average molecular weight is 318 g/mol. The first-order valence-electron chi connectivity index (χ1n) is 7.26. The fourth-order valence-electron chi connectivity index (χ4n) is 2.47. The van der Waals surface area contributed by atoms with Crippen LogP contribution in [0.5, 0.6) is 0 Å². The van der Waals surface area contributed by atoms with Crippen LogP contribution >= 0.6 is 0 Å². The van der Waals surface area contributed by atoms with Crippen LogP contribution < -0.4 is 5.32 Å². The van der Waals surface area contributed by atoms with Gasteiger partial charge < -0.3 is 20.5 Å². The Morgan fingerprint density at radius 3 is 2.43 bits per heavy atom. The molecule has 1 unspecified atom stereocenters. The maximum atomic E-state index is 12.0. The highest BCUT2D eigenvalue weighted by molar-refractivity contribution is 6.03. The Morgan fingerprint density at radius 2 is 1.87 bits per heavy atom. The number of benzene rings is 1. The molecule has 1 aromatic carbocycles. The van der Waals surface area contributed by atoms with Crippen molar-refractivity contribution in [3.63, 3.8) is 0 Å². The van der Waals surface area contributed by atoms with Gasteiger partial charge >= 0.3 is 11.9 Å². The molecule has 0 fully saturated rings. The van der Waals surface area contributed by atoms with E-state index in [1.54, 1.807) is 13.0 Å². The zero-order valence-electron chi connectivity index (χ0n) is 12.6. The average Bonchev–Trinajstić information content (AvgIpc) is 2.88. The Balaban J connectivity index is 2.31. The molecular formula is C16H18N2O5. The summed E-state index contributed by atoms with van der Waals surface area (Å²) in [5.74, 6) is -4.72. The summed E-state index contributed by atoms with van der Waals surface area (Å²) in [6, 6.07) is 7.44. The smallest absolute Gasteiger partial charge is 0.327 e. The highest BCUT2D eigenvalue weighted by atomic mass is 16.4. The lowest BCUT2D eigenvalue weighted by molar-refractivity contribution is -0.153. The number of aliphatic carboxylic acids is 2. The third-order valence-corrected chi connectivity index (χ3v) is 3.55. The fraction of sp³-hybridized carbons (Fsp3) is 0.312. The van der Waals surface area contributed by atoms with Crippen molar-refractivity contribution >= 4 is 34.4 Å². The van der Waals surface area contributed by atoms with E-state index in [-0.39, 0.29) is 6.42 Å². The molecule has 0 aliphatic heterocycles. The Morgan fingerprint density at radius 1 is 1.17 bits per heavy atom. The maximum absolute atomic E-state index is 12.0. The van der Waals surface area contributed by atoms with Gasteiger partial charge in [-0.05, 0) is 18.6 Å². The topological polar surface area (TPSA) is 119 Å². The van der Waals surface area contributed by atoms with E-state index in [0.29, 0.717) is 12.2 Å². The van der Waals surface area contributed by atoms with Crippen molar-refractivity contribution in [3.05, 3.63) is 30.3 Å². The number of aromatic amines is 1. The molecule has 122 valence electrons. The number of hydrogen-bond donors (Lipinski definition) is 4. The quantitative estimate of drug-likeness (QED) is 0.553. The summed E-state index contributed by atoms with van der Waals surface area (Å²) < 4.78 is 0. The molecular weight excluding hydrogens is 300 g/mol. The Labute approximate surface area is 132 Å². The van der Waals surface area contributed by atoms with Crippen LogP contribution in [0.4, 0.5) is 5.82 Å². The van der Waals surface area contributed by atoms with E-state index in [2.05, 4.69) is 10.3 Å². The van der Waals surface area contributed by atoms with Gasteiger partial charge in [0.25, 0.3) is 0 Å². The number of fused-ring (bicyclic) bond motifs is 1. The van der Waals surface area contributed by atoms with Gasteiger partial charge in [-0.2, -0.15) is 0 Å². The van der Waals surface area contributed by atoms with Crippen LogP contribution in [0.25, 0.3) is 10.9 Å². The number of Topliss-reactive ketones (excluding diaryl/α,β-unsaturated/α-hetero) is 1. The molecule has 0 aliphatic rings. The number of nitrogens with one attached hydrogen (secondary N) is 2. The van der Waals surface area contributed by atoms with Crippen molar-refractivity contribution in [1.82, 2.24) is 4.98 Å². The molecule has 0 radical (unpaired) electrons. The van der Waals surface area contributed by atoms with E-state index in [4.69, 9.17) is 0 Å². The standard InChI is InChI=1S/C16H18N2O5/c1-2-5-11(19)13(15(20)21)14(16(22)23)18-12-8-9-6-3-4-7-10(9)17-12/h3-4,6-8,13-14,17-18H,2,5H2,1H3,(H,20,21)(H,22,23)/t13?,14-/m0/s1. The van der Waals surface area contributed by atoms with Gasteiger partial charge in [-0.1, -0.05) is 25.1 Å². The van der Waals surface area contributed by atoms with Gasteiger partial charge in [-0.25, -0.2) is 4.79 Å². The molecule has 0 aliphatic carbocycles. The summed E-state index contributed by atoms with van der Waals surface area (Å²) in [5, 5.41) is 22.1. The van der Waals surface area contributed by atoms with Crippen molar-refractivity contribution < 1.29 is 24.6 Å². The van der Waals surface area contributed by atoms with Crippen LogP contribution in [-0.2, 0) is 14.4 Å². The van der Waals surface area contributed by atoms with Gasteiger partial charge in [0.15, 0.2) is 0 Å². The minimum absolute atomic E-state index is 0.0229. The second kappa shape index (κ2) is 6.95. The summed E-state index contributed by atoms with van der Waals surface area (Å²) in [6.45, 7) is 1.73. The first-order valence-corrected chi connectivity index (χ1v) is 7.26. The summed E-state index contributed by atoms with van der Waals surface area (Å²) in [4.78, 5) is 37.8. The normalized spacial score (nSPS) is 13.4. The highest BCUT2D eigenvalue weighted by Crippen LogP contribution is 2.21. The van der Waals surface area contributed by atoms with Gasteiger partial charge in [-0.15, -0.1) is 0 Å². The lowest BCUT2D eigenvalue weighted by Crippen LogP contribution is -2.45. The molecule has 1 aromatic heterocycles. The highest BCUT2D eigenvalue weighted by Gasteiger charge is 2.39. The number of carbonyl (C=O) groups is 3. The number of anilines is 1. The number of carboxylic acid groups (broad SMARTS) is 2. The molecule has 7 nitrogen and oxygen atoms in total. The predicted molar refractivity (Wildman–Crippen MR) is 84.4 cm³/mol. The van der Waals surface area contributed by atoms with Crippen LogP contribution in [0.2, 0.25) is 0 Å². The SMILES string of the molecule is CCCC(=O)C(C(=O)O)[C@H](Nc1cc2ccccc2[nH]1)C(=O)O. The summed E-state index contributed by atoms with van der Waals surface area (Å²) in [7, 11) is 0. The Hall–Kier alpha value is -2.83. The molecule has 4 N–H and O–H groups in total. The predicted octanol–water partition coefficient (Wildman–Crippen LogP) is 2.10. The number of H-pyrrole nitrogens is 1. The molecule has 0 saturated carbocycles. The second-order valence-electron chi connectivity index (χ2n) is 5.26. The van der Waals surface area contributed by atoms with Crippen LogP contribution in [-0.4, -0.2) is 39.0 Å². The van der Waals surface area contributed by atoms with Gasteiger partial charge in [-0.3, -0.25) is 9.59 Å². The monoisotopic (exact) mass is 318 g/mol. The second-order valence-corrected chi connectivity index (χ2v) is 5.26. The van der Waals surface area contributed by atoms with E-state index < -0.39 is 29.7 Å². The van der Waals surface area contributed by atoms with Gasteiger partial charge in [0.05, 0.1) is 0 Å². The summed E-state index contributed by atoms with van der Waals surface area (Å²) in [6.07, 6.45) is 0.483. The zero-order valence-corrected chi connectivity index (χ0v) is 12.6. The van der Waals surface area contributed by atoms with E-state index in [1.807, 2.05) is 24.3 Å². The maximum Gasteiger partial charge on any atom is 0.327 e. The molecule has 1 heterocycles. The third kappa shape index (κ3) is 3.68.